The van der Waals surface area contributed by atoms with Crippen molar-refractivity contribution < 1.29 is 9.84 Å². The second kappa shape index (κ2) is 6.57. The van der Waals surface area contributed by atoms with Gasteiger partial charge in [-0.3, -0.25) is 0 Å². The average Bonchev–Trinajstić information content (AvgIpc) is 2.92. The molecule has 1 atom stereocenters. The van der Waals surface area contributed by atoms with Crippen LogP contribution in [0.25, 0.3) is 0 Å². The SMILES string of the molecule is CCC(O)c1ccc(OCCc2cccs2)cc1. The summed E-state index contributed by atoms with van der Waals surface area (Å²) in [5, 5.41) is 11.8. The largest absolute Gasteiger partial charge is 0.493 e. The maximum Gasteiger partial charge on any atom is 0.119 e. The van der Waals surface area contributed by atoms with Crippen LogP contribution in [0.4, 0.5) is 0 Å². The lowest BCUT2D eigenvalue weighted by atomic mass is 10.1. The molecule has 0 spiro atoms. The van der Waals surface area contributed by atoms with Crippen molar-refractivity contribution in [3.05, 3.63) is 52.2 Å². The van der Waals surface area contributed by atoms with Crippen LogP contribution in [0.1, 0.15) is 29.9 Å². The van der Waals surface area contributed by atoms with Crippen LogP contribution in [-0.4, -0.2) is 11.7 Å². The monoisotopic (exact) mass is 262 g/mol. The lowest BCUT2D eigenvalue weighted by Crippen LogP contribution is -2.00. The molecule has 1 aromatic heterocycles. The zero-order chi connectivity index (χ0) is 12.8. The van der Waals surface area contributed by atoms with Crippen LogP contribution in [0.15, 0.2) is 41.8 Å². The van der Waals surface area contributed by atoms with Gasteiger partial charge in [0.1, 0.15) is 5.75 Å². The topological polar surface area (TPSA) is 29.5 Å². The summed E-state index contributed by atoms with van der Waals surface area (Å²) in [6.07, 6.45) is 1.31. The predicted octanol–water partition coefficient (Wildman–Crippen LogP) is 3.81. The Hall–Kier alpha value is -1.32. The third kappa shape index (κ3) is 3.59. The van der Waals surface area contributed by atoms with E-state index in [9.17, 15) is 5.11 Å². The molecule has 0 bridgehead atoms. The van der Waals surface area contributed by atoms with Gasteiger partial charge in [-0.1, -0.05) is 25.1 Å². The first kappa shape index (κ1) is 13.1. The van der Waals surface area contributed by atoms with Crippen LogP contribution >= 0.6 is 11.3 Å². The van der Waals surface area contributed by atoms with Crippen molar-refractivity contribution >= 4 is 11.3 Å². The van der Waals surface area contributed by atoms with Crippen LogP contribution in [0.2, 0.25) is 0 Å². The molecule has 1 aromatic carbocycles. The highest BCUT2D eigenvalue weighted by Crippen LogP contribution is 2.20. The molecule has 0 aliphatic heterocycles. The summed E-state index contributed by atoms with van der Waals surface area (Å²) in [5.74, 6) is 0.860. The third-order valence-corrected chi connectivity index (χ3v) is 3.79. The van der Waals surface area contributed by atoms with Crippen molar-refractivity contribution in [1.82, 2.24) is 0 Å². The van der Waals surface area contributed by atoms with Gasteiger partial charge < -0.3 is 9.84 Å². The molecule has 0 aliphatic carbocycles. The summed E-state index contributed by atoms with van der Waals surface area (Å²) < 4.78 is 5.67. The van der Waals surface area contributed by atoms with Gasteiger partial charge in [0, 0.05) is 11.3 Å². The first-order valence-corrected chi connectivity index (χ1v) is 7.10. The molecule has 0 fully saturated rings. The van der Waals surface area contributed by atoms with Crippen molar-refractivity contribution in [2.24, 2.45) is 0 Å². The maximum absolute atomic E-state index is 9.68. The molecule has 96 valence electrons. The Morgan fingerprint density at radius 1 is 1.22 bits per heavy atom. The highest BCUT2D eigenvalue weighted by atomic mass is 32.1. The van der Waals surface area contributed by atoms with Gasteiger partial charge in [0.25, 0.3) is 0 Å². The average molecular weight is 262 g/mol. The second-order valence-corrected chi connectivity index (χ2v) is 5.20. The molecule has 0 amide bonds. The van der Waals surface area contributed by atoms with Gasteiger partial charge in [-0.2, -0.15) is 0 Å². The zero-order valence-corrected chi connectivity index (χ0v) is 11.3. The molecule has 1 N–H and O–H groups in total. The van der Waals surface area contributed by atoms with Gasteiger partial charge in [0.15, 0.2) is 0 Å². The van der Waals surface area contributed by atoms with Crippen LogP contribution in [0.3, 0.4) is 0 Å². The Labute approximate surface area is 112 Å². The molecule has 0 aliphatic rings. The predicted molar refractivity (Wildman–Crippen MR) is 75.2 cm³/mol. The van der Waals surface area contributed by atoms with Gasteiger partial charge >= 0.3 is 0 Å². The molecule has 2 aromatic rings. The first-order chi connectivity index (χ1) is 8.79. The Kier molecular flexibility index (Phi) is 4.79. The molecule has 2 rings (SSSR count). The van der Waals surface area contributed by atoms with E-state index in [0.717, 1.165) is 24.2 Å². The van der Waals surface area contributed by atoms with E-state index in [2.05, 4.69) is 17.5 Å². The van der Waals surface area contributed by atoms with E-state index in [0.29, 0.717) is 6.61 Å². The second-order valence-electron chi connectivity index (χ2n) is 4.17. The Balaban J connectivity index is 1.83. The van der Waals surface area contributed by atoms with Crippen LogP contribution in [0.5, 0.6) is 5.75 Å². The summed E-state index contributed by atoms with van der Waals surface area (Å²) in [6.45, 7) is 2.66. The van der Waals surface area contributed by atoms with E-state index >= 15 is 0 Å². The highest BCUT2D eigenvalue weighted by Gasteiger charge is 2.04. The minimum absolute atomic E-state index is 0.370. The van der Waals surface area contributed by atoms with Gasteiger partial charge in [-0.05, 0) is 35.6 Å². The molecule has 1 heterocycles. The van der Waals surface area contributed by atoms with Gasteiger partial charge in [0.2, 0.25) is 0 Å². The minimum atomic E-state index is -0.370. The smallest absolute Gasteiger partial charge is 0.119 e. The highest BCUT2D eigenvalue weighted by molar-refractivity contribution is 7.09. The fourth-order valence-electron chi connectivity index (χ4n) is 1.75. The first-order valence-electron chi connectivity index (χ1n) is 6.23. The van der Waals surface area contributed by atoms with E-state index < -0.39 is 0 Å². The van der Waals surface area contributed by atoms with Gasteiger partial charge in [0.05, 0.1) is 12.7 Å². The Bertz CT molecular complexity index is 448. The lowest BCUT2D eigenvalue weighted by molar-refractivity contribution is 0.173. The number of aliphatic hydroxyl groups is 1. The van der Waals surface area contributed by atoms with E-state index in [1.807, 2.05) is 31.2 Å². The number of hydrogen-bond donors (Lipinski definition) is 1. The number of thiophene rings is 1. The number of ether oxygens (including phenoxy) is 1. The van der Waals surface area contributed by atoms with Gasteiger partial charge in [-0.25, -0.2) is 0 Å². The molecule has 18 heavy (non-hydrogen) atoms. The third-order valence-electron chi connectivity index (χ3n) is 2.85. The standard InChI is InChI=1S/C15H18O2S/c1-2-15(16)12-5-7-13(8-6-12)17-10-9-14-4-3-11-18-14/h3-8,11,15-16H,2,9-10H2,1H3. The molecule has 0 saturated heterocycles. The van der Waals surface area contributed by atoms with Crippen molar-refractivity contribution in [3.63, 3.8) is 0 Å². The molecule has 0 saturated carbocycles. The van der Waals surface area contributed by atoms with Crippen molar-refractivity contribution in [1.29, 1.82) is 0 Å². The summed E-state index contributed by atoms with van der Waals surface area (Å²) in [7, 11) is 0. The van der Waals surface area contributed by atoms with E-state index in [1.54, 1.807) is 11.3 Å². The quantitative estimate of drug-likeness (QED) is 0.857. The molecular formula is C15H18O2S. The van der Waals surface area contributed by atoms with Crippen LogP contribution in [0, 0.1) is 0 Å². The maximum atomic E-state index is 9.68. The molecular weight excluding hydrogens is 244 g/mol. The summed E-state index contributed by atoms with van der Waals surface area (Å²) in [5.41, 5.74) is 0.947. The van der Waals surface area contributed by atoms with E-state index in [-0.39, 0.29) is 6.10 Å². The van der Waals surface area contributed by atoms with Crippen molar-refractivity contribution in [3.8, 4) is 5.75 Å². The van der Waals surface area contributed by atoms with Crippen molar-refractivity contribution in [2.75, 3.05) is 6.61 Å². The summed E-state index contributed by atoms with van der Waals surface area (Å²) in [4.78, 5) is 1.34. The molecule has 0 radical (unpaired) electrons. The zero-order valence-electron chi connectivity index (χ0n) is 10.5. The number of benzene rings is 1. The Morgan fingerprint density at radius 2 is 2.00 bits per heavy atom. The van der Waals surface area contributed by atoms with E-state index in [1.165, 1.54) is 4.88 Å². The van der Waals surface area contributed by atoms with Crippen LogP contribution < -0.4 is 4.74 Å². The Morgan fingerprint density at radius 3 is 2.61 bits per heavy atom. The molecule has 1 unspecified atom stereocenters. The molecule has 2 nitrogen and oxygen atoms in total. The number of rotatable bonds is 6. The molecule has 3 heteroatoms. The minimum Gasteiger partial charge on any atom is -0.493 e. The van der Waals surface area contributed by atoms with Crippen molar-refractivity contribution in [2.45, 2.75) is 25.9 Å². The van der Waals surface area contributed by atoms with E-state index in [4.69, 9.17) is 4.74 Å². The van der Waals surface area contributed by atoms with Gasteiger partial charge in [-0.15, -0.1) is 11.3 Å². The van der Waals surface area contributed by atoms with Crippen LogP contribution in [-0.2, 0) is 6.42 Å². The number of hydrogen-bond acceptors (Lipinski definition) is 3. The number of aliphatic hydroxyl groups excluding tert-OH is 1. The fraction of sp³-hybridized carbons (Fsp3) is 0.333. The normalized spacial score (nSPS) is 12.3. The summed E-state index contributed by atoms with van der Waals surface area (Å²) in [6, 6.07) is 11.9. The summed E-state index contributed by atoms with van der Waals surface area (Å²) >= 11 is 1.75. The fourth-order valence-corrected chi connectivity index (χ4v) is 2.44. The lowest BCUT2D eigenvalue weighted by Gasteiger charge is -2.09.